The molecular weight excluding hydrogens is 498 g/mol. The number of aromatic amines is 1. The molecule has 0 aliphatic carbocycles. The van der Waals surface area contributed by atoms with E-state index in [9.17, 15) is 9.90 Å². The first-order chi connectivity index (χ1) is 8.40. The zero-order chi connectivity index (χ0) is 13.4. The van der Waals surface area contributed by atoms with Crippen molar-refractivity contribution in [2.45, 2.75) is 0 Å². The van der Waals surface area contributed by atoms with Crippen LogP contribution in [0.4, 0.5) is 0 Å². The maximum absolute atomic E-state index is 12.3. The smallest absolute Gasteiger partial charge is 0.214 e. The Morgan fingerprint density at radius 2 is 1.72 bits per heavy atom. The number of rotatable bonds is 2. The number of benzene rings is 1. The fourth-order valence-corrected chi connectivity index (χ4v) is 3.91. The third kappa shape index (κ3) is 2.74. The standard InChI is InChI=1S/C11H5Br4NO2/c12-4-1-5(10(17)7(14)2-4)11(18)9-6(13)3-8(15)16-9/h1-3,16-17H. The Labute approximate surface area is 136 Å². The van der Waals surface area contributed by atoms with Crippen molar-refractivity contribution in [2.75, 3.05) is 0 Å². The molecule has 7 heteroatoms. The SMILES string of the molecule is O=C(c1cc(Br)cc(Br)c1O)c1[nH]c(Br)cc1Br. The van der Waals surface area contributed by atoms with Crippen molar-refractivity contribution in [2.24, 2.45) is 0 Å². The van der Waals surface area contributed by atoms with Gasteiger partial charge in [0.2, 0.25) is 5.78 Å². The summed E-state index contributed by atoms with van der Waals surface area (Å²) < 4.78 is 2.49. The van der Waals surface area contributed by atoms with Crippen LogP contribution in [0.25, 0.3) is 0 Å². The molecule has 2 rings (SSSR count). The van der Waals surface area contributed by atoms with E-state index in [1.54, 1.807) is 18.2 Å². The number of hydrogen-bond acceptors (Lipinski definition) is 2. The minimum Gasteiger partial charge on any atom is -0.506 e. The highest BCUT2D eigenvalue weighted by molar-refractivity contribution is 9.11. The summed E-state index contributed by atoms with van der Waals surface area (Å²) >= 11 is 13.0. The Bertz CT molecular complexity index is 636. The largest absolute Gasteiger partial charge is 0.506 e. The van der Waals surface area contributed by atoms with E-state index in [-0.39, 0.29) is 17.1 Å². The molecule has 0 amide bonds. The quantitative estimate of drug-likeness (QED) is 0.568. The van der Waals surface area contributed by atoms with E-state index in [4.69, 9.17) is 0 Å². The number of ketones is 1. The highest BCUT2D eigenvalue weighted by Crippen LogP contribution is 2.34. The molecular formula is C11H5Br4NO2. The number of carbonyl (C=O) groups excluding carboxylic acids is 1. The molecule has 0 aliphatic rings. The zero-order valence-corrected chi connectivity index (χ0v) is 14.9. The summed E-state index contributed by atoms with van der Waals surface area (Å²) in [4.78, 5) is 15.2. The molecule has 0 aliphatic heterocycles. The van der Waals surface area contributed by atoms with Gasteiger partial charge in [-0.2, -0.15) is 0 Å². The third-order valence-electron chi connectivity index (χ3n) is 2.24. The van der Waals surface area contributed by atoms with E-state index >= 15 is 0 Å². The predicted octanol–water partition coefficient (Wildman–Crippen LogP) is 5.00. The first kappa shape index (κ1) is 14.3. The fraction of sp³-hybridized carbons (Fsp3) is 0. The van der Waals surface area contributed by atoms with Gasteiger partial charge in [-0.05, 0) is 66.0 Å². The van der Waals surface area contributed by atoms with Gasteiger partial charge in [0.1, 0.15) is 11.4 Å². The number of hydrogen-bond donors (Lipinski definition) is 2. The van der Waals surface area contributed by atoms with Crippen molar-refractivity contribution >= 4 is 69.5 Å². The Balaban J connectivity index is 2.56. The van der Waals surface area contributed by atoms with Gasteiger partial charge in [0.05, 0.1) is 14.6 Å². The topological polar surface area (TPSA) is 53.1 Å². The van der Waals surface area contributed by atoms with Crippen molar-refractivity contribution < 1.29 is 9.90 Å². The van der Waals surface area contributed by atoms with Crippen molar-refractivity contribution in [3.63, 3.8) is 0 Å². The minimum absolute atomic E-state index is 0.0826. The molecule has 0 fully saturated rings. The fourth-order valence-electron chi connectivity index (χ4n) is 1.44. The molecule has 3 nitrogen and oxygen atoms in total. The molecule has 0 unspecified atom stereocenters. The van der Waals surface area contributed by atoms with Crippen molar-refractivity contribution in [1.29, 1.82) is 0 Å². The highest BCUT2D eigenvalue weighted by Gasteiger charge is 2.20. The number of phenols is 1. The van der Waals surface area contributed by atoms with Gasteiger partial charge in [-0.15, -0.1) is 0 Å². The lowest BCUT2D eigenvalue weighted by molar-refractivity contribution is 0.103. The summed E-state index contributed by atoms with van der Waals surface area (Å²) in [5.41, 5.74) is 0.591. The zero-order valence-electron chi connectivity index (χ0n) is 8.60. The van der Waals surface area contributed by atoms with Gasteiger partial charge in [-0.25, -0.2) is 0 Å². The summed E-state index contributed by atoms with van der Waals surface area (Å²) in [5.74, 6) is -0.382. The summed E-state index contributed by atoms with van der Waals surface area (Å²) in [6.07, 6.45) is 0. The van der Waals surface area contributed by atoms with E-state index < -0.39 is 0 Å². The van der Waals surface area contributed by atoms with Crippen LogP contribution in [0.15, 0.2) is 36.2 Å². The average Bonchev–Trinajstić information content (AvgIpc) is 2.62. The normalized spacial score (nSPS) is 10.7. The molecule has 2 aromatic rings. The second kappa shape index (κ2) is 5.48. The monoisotopic (exact) mass is 499 g/mol. The molecule has 0 atom stereocenters. The number of carbonyl (C=O) groups is 1. The van der Waals surface area contributed by atoms with Crippen LogP contribution in [0.2, 0.25) is 0 Å². The van der Waals surface area contributed by atoms with Crippen molar-refractivity contribution in [3.8, 4) is 5.75 Å². The molecule has 0 spiro atoms. The summed E-state index contributed by atoms with van der Waals surface area (Å²) in [7, 11) is 0. The van der Waals surface area contributed by atoms with Crippen molar-refractivity contribution in [1.82, 2.24) is 4.98 Å². The van der Waals surface area contributed by atoms with Crippen LogP contribution in [-0.4, -0.2) is 15.9 Å². The van der Waals surface area contributed by atoms with Gasteiger partial charge in [-0.1, -0.05) is 15.9 Å². The second-order valence-corrected chi connectivity index (χ2v) is 6.93. The van der Waals surface area contributed by atoms with E-state index in [0.29, 0.717) is 23.7 Å². The molecule has 1 aromatic carbocycles. The highest BCUT2D eigenvalue weighted by atomic mass is 79.9. The summed E-state index contributed by atoms with van der Waals surface area (Å²) in [6.45, 7) is 0. The van der Waals surface area contributed by atoms with Crippen LogP contribution in [-0.2, 0) is 0 Å². The van der Waals surface area contributed by atoms with Crippen molar-refractivity contribution in [3.05, 3.63) is 47.5 Å². The summed E-state index contributed by atoms with van der Waals surface area (Å²) in [6, 6.07) is 4.98. The van der Waals surface area contributed by atoms with Gasteiger partial charge in [0.25, 0.3) is 0 Å². The van der Waals surface area contributed by atoms with Gasteiger partial charge in [-0.3, -0.25) is 4.79 Å². The number of halogens is 4. The molecule has 0 saturated heterocycles. The number of aromatic nitrogens is 1. The maximum atomic E-state index is 12.3. The predicted molar refractivity (Wildman–Crippen MR) is 83.1 cm³/mol. The molecule has 2 N–H and O–H groups in total. The maximum Gasteiger partial charge on any atom is 0.214 e. The van der Waals surface area contributed by atoms with E-state index in [1.165, 1.54) is 0 Å². The van der Waals surface area contributed by atoms with E-state index in [0.717, 1.165) is 0 Å². The third-order valence-corrected chi connectivity index (χ3v) is 4.35. The van der Waals surface area contributed by atoms with Crippen LogP contribution < -0.4 is 0 Å². The van der Waals surface area contributed by atoms with E-state index in [1.807, 2.05) is 0 Å². The Kier molecular flexibility index (Phi) is 4.36. The minimum atomic E-state index is -0.299. The van der Waals surface area contributed by atoms with Crippen LogP contribution in [0.5, 0.6) is 5.75 Å². The van der Waals surface area contributed by atoms with E-state index in [2.05, 4.69) is 68.7 Å². The number of H-pyrrole nitrogens is 1. The molecule has 0 radical (unpaired) electrons. The van der Waals surface area contributed by atoms with Crippen LogP contribution in [0, 0.1) is 0 Å². The lowest BCUT2D eigenvalue weighted by atomic mass is 10.1. The molecule has 1 heterocycles. The summed E-state index contributed by atoms with van der Waals surface area (Å²) in [5, 5.41) is 9.92. The molecule has 94 valence electrons. The van der Waals surface area contributed by atoms with Gasteiger partial charge in [0, 0.05) is 8.95 Å². The lowest BCUT2D eigenvalue weighted by Gasteiger charge is -2.06. The molecule has 0 bridgehead atoms. The Morgan fingerprint density at radius 3 is 2.28 bits per heavy atom. The molecule has 1 aromatic heterocycles. The van der Waals surface area contributed by atoms with Gasteiger partial charge < -0.3 is 10.1 Å². The van der Waals surface area contributed by atoms with Gasteiger partial charge >= 0.3 is 0 Å². The second-order valence-electron chi connectivity index (χ2n) is 3.45. The van der Waals surface area contributed by atoms with Crippen LogP contribution in [0.1, 0.15) is 16.1 Å². The lowest BCUT2D eigenvalue weighted by Crippen LogP contribution is -2.03. The molecule has 0 saturated carbocycles. The number of nitrogens with one attached hydrogen (secondary N) is 1. The number of aromatic hydroxyl groups is 1. The molecule has 18 heavy (non-hydrogen) atoms. The first-order valence-electron chi connectivity index (χ1n) is 4.67. The Hall–Kier alpha value is -0.110. The van der Waals surface area contributed by atoms with Crippen LogP contribution in [0.3, 0.4) is 0 Å². The average molecular weight is 503 g/mol. The Morgan fingerprint density at radius 1 is 1.06 bits per heavy atom. The van der Waals surface area contributed by atoms with Crippen LogP contribution >= 0.6 is 63.7 Å². The number of phenolic OH excluding ortho intramolecular Hbond substituents is 1. The van der Waals surface area contributed by atoms with Gasteiger partial charge in [0.15, 0.2) is 0 Å². The first-order valence-corrected chi connectivity index (χ1v) is 7.84.